The van der Waals surface area contributed by atoms with Crippen molar-refractivity contribution in [3.8, 4) is 0 Å². The molecule has 0 aromatic carbocycles. The van der Waals surface area contributed by atoms with E-state index in [9.17, 15) is 9.59 Å². The topological polar surface area (TPSA) is 58.6 Å². The highest BCUT2D eigenvalue weighted by atomic mass is 16.5. The van der Waals surface area contributed by atoms with Crippen molar-refractivity contribution in [2.75, 3.05) is 32.8 Å². The van der Waals surface area contributed by atoms with Crippen LogP contribution in [-0.2, 0) is 14.3 Å². The second kappa shape index (κ2) is 7.36. The van der Waals surface area contributed by atoms with Crippen LogP contribution in [0.3, 0.4) is 0 Å². The van der Waals surface area contributed by atoms with Crippen molar-refractivity contribution in [2.24, 2.45) is 11.8 Å². The van der Waals surface area contributed by atoms with E-state index in [1.807, 2.05) is 25.7 Å². The zero-order valence-electron chi connectivity index (χ0n) is 11.6. The second-order valence-corrected chi connectivity index (χ2v) is 5.07. The van der Waals surface area contributed by atoms with Gasteiger partial charge >= 0.3 is 0 Å². The molecule has 1 unspecified atom stereocenters. The number of morpholine rings is 1. The summed E-state index contributed by atoms with van der Waals surface area (Å²) in [6.45, 7) is 8.82. The Bertz CT molecular complexity index is 286. The number of amides is 2. The van der Waals surface area contributed by atoms with Gasteiger partial charge in [-0.05, 0) is 6.42 Å². The van der Waals surface area contributed by atoms with Gasteiger partial charge in [-0.1, -0.05) is 20.8 Å². The van der Waals surface area contributed by atoms with E-state index in [1.54, 1.807) is 0 Å². The van der Waals surface area contributed by atoms with Gasteiger partial charge in [0.15, 0.2) is 0 Å². The Morgan fingerprint density at radius 3 is 2.39 bits per heavy atom. The van der Waals surface area contributed by atoms with Crippen molar-refractivity contribution >= 4 is 11.8 Å². The molecular formula is C13H24N2O3. The van der Waals surface area contributed by atoms with E-state index in [-0.39, 0.29) is 23.7 Å². The van der Waals surface area contributed by atoms with E-state index in [4.69, 9.17) is 4.74 Å². The smallest absolute Gasteiger partial charge is 0.225 e. The first kappa shape index (κ1) is 15.0. The van der Waals surface area contributed by atoms with Gasteiger partial charge in [-0.25, -0.2) is 0 Å². The summed E-state index contributed by atoms with van der Waals surface area (Å²) in [4.78, 5) is 25.3. The molecule has 0 aromatic rings. The van der Waals surface area contributed by atoms with Gasteiger partial charge in [-0.3, -0.25) is 9.59 Å². The number of nitrogens with zero attached hydrogens (tertiary/aromatic N) is 1. The van der Waals surface area contributed by atoms with Crippen LogP contribution in [0.5, 0.6) is 0 Å². The summed E-state index contributed by atoms with van der Waals surface area (Å²) in [7, 11) is 0. The number of carbonyl (C=O) groups is 2. The van der Waals surface area contributed by atoms with Crippen LogP contribution in [-0.4, -0.2) is 49.6 Å². The number of rotatable bonds is 5. The summed E-state index contributed by atoms with van der Waals surface area (Å²) in [6.07, 6.45) is 0.689. The number of hydrogen-bond acceptors (Lipinski definition) is 3. The lowest BCUT2D eigenvalue weighted by atomic mass is 10.1. The molecule has 18 heavy (non-hydrogen) atoms. The largest absolute Gasteiger partial charge is 0.378 e. The number of ether oxygens (including phenoxy) is 1. The van der Waals surface area contributed by atoms with Gasteiger partial charge in [0.25, 0.3) is 0 Å². The van der Waals surface area contributed by atoms with E-state index in [1.165, 1.54) is 0 Å². The van der Waals surface area contributed by atoms with Crippen molar-refractivity contribution < 1.29 is 14.3 Å². The van der Waals surface area contributed by atoms with E-state index < -0.39 is 0 Å². The third kappa shape index (κ3) is 4.64. The highest BCUT2D eigenvalue weighted by molar-refractivity contribution is 5.79. The third-order valence-corrected chi connectivity index (χ3v) is 3.15. The van der Waals surface area contributed by atoms with Crippen molar-refractivity contribution in [3.63, 3.8) is 0 Å². The van der Waals surface area contributed by atoms with E-state index in [0.717, 1.165) is 0 Å². The minimum absolute atomic E-state index is 0.00440. The van der Waals surface area contributed by atoms with Gasteiger partial charge in [-0.15, -0.1) is 0 Å². The Labute approximate surface area is 109 Å². The molecule has 0 spiro atoms. The van der Waals surface area contributed by atoms with Crippen LogP contribution in [0, 0.1) is 11.8 Å². The molecule has 1 fully saturated rings. The van der Waals surface area contributed by atoms with Crippen LogP contribution >= 0.6 is 0 Å². The summed E-state index contributed by atoms with van der Waals surface area (Å²) in [5.74, 6) is 0.156. The Balaban J connectivity index is 2.25. The standard InChI is InChI=1S/C13H24N2O3/c1-10(2)12(16)14-5-4-11(3)13(17)15-6-8-18-9-7-15/h10-11H,4-9H2,1-3H3,(H,14,16). The Morgan fingerprint density at radius 1 is 1.22 bits per heavy atom. The summed E-state index contributed by atoms with van der Waals surface area (Å²) in [6, 6.07) is 0. The van der Waals surface area contributed by atoms with Crippen molar-refractivity contribution in [3.05, 3.63) is 0 Å². The third-order valence-electron chi connectivity index (χ3n) is 3.15. The molecule has 1 aliphatic rings. The SMILES string of the molecule is CC(C)C(=O)NCCC(C)C(=O)N1CCOCC1. The second-order valence-electron chi connectivity index (χ2n) is 5.07. The first-order chi connectivity index (χ1) is 8.52. The molecule has 0 saturated carbocycles. The molecule has 5 nitrogen and oxygen atoms in total. The summed E-state index contributed by atoms with van der Waals surface area (Å²) in [5.41, 5.74) is 0. The van der Waals surface area contributed by atoms with Crippen LogP contribution in [0.25, 0.3) is 0 Å². The lowest BCUT2D eigenvalue weighted by Crippen LogP contribution is -2.43. The van der Waals surface area contributed by atoms with Crippen LogP contribution < -0.4 is 5.32 Å². The Morgan fingerprint density at radius 2 is 1.83 bits per heavy atom. The first-order valence-corrected chi connectivity index (χ1v) is 6.66. The molecule has 1 heterocycles. The Kier molecular flexibility index (Phi) is 6.12. The zero-order chi connectivity index (χ0) is 13.5. The number of hydrogen-bond donors (Lipinski definition) is 1. The maximum atomic E-state index is 12.1. The predicted octanol–water partition coefficient (Wildman–Crippen LogP) is 0.644. The first-order valence-electron chi connectivity index (χ1n) is 6.66. The van der Waals surface area contributed by atoms with Crippen LogP contribution in [0.2, 0.25) is 0 Å². The molecule has 1 rings (SSSR count). The molecule has 1 N–H and O–H groups in total. The fraction of sp³-hybridized carbons (Fsp3) is 0.846. The van der Waals surface area contributed by atoms with Gasteiger partial charge in [0.2, 0.25) is 11.8 Å². The molecule has 5 heteroatoms. The van der Waals surface area contributed by atoms with E-state index >= 15 is 0 Å². The number of nitrogens with one attached hydrogen (secondary N) is 1. The van der Waals surface area contributed by atoms with E-state index in [2.05, 4.69) is 5.32 Å². The monoisotopic (exact) mass is 256 g/mol. The maximum absolute atomic E-state index is 12.1. The van der Waals surface area contributed by atoms with Crippen LogP contribution in [0.1, 0.15) is 27.2 Å². The van der Waals surface area contributed by atoms with Gasteiger partial charge in [0.05, 0.1) is 13.2 Å². The summed E-state index contributed by atoms with van der Waals surface area (Å²) >= 11 is 0. The average molecular weight is 256 g/mol. The molecule has 1 saturated heterocycles. The van der Waals surface area contributed by atoms with Gasteiger partial charge in [0.1, 0.15) is 0 Å². The highest BCUT2D eigenvalue weighted by Gasteiger charge is 2.22. The van der Waals surface area contributed by atoms with Gasteiger partial charge in [-0.2, -0.15) is 0 Å². The van der Waals surface area contributed by atoms with Crippen LogP contribution in [0.4, 0.5) is 0 Å². The molecule has 0 bridgehead atoms. The van der Waals surface area contributed by atoms with Gasteiger partial charge < -0.3 is 15.0 Å². The molecule has 0 aliphatic carbocycles. The number of carbonyl (C=O) groups excluding carboxylic acids is 2. The molecule has 104 valence electrons. The van der Waals surface area contributed by atoms with E-state index in [0.29, 0.717) is 39.3 Å². The lowest BCUT2D eigenvalue weighted by molar-refractivity contribution is -0.139. The Hall–Kier alpha value is -1.10. The fourth-order valence-electron chi connectivity index (χ4n) is 1.83. The molecule has 1 atom stereocenters. The average Bonchev–Trinajstić information content (AvgIpc) is 2.38. The normalized spacial score (nSPS) is 17.7. The molecule has 0 radical (unpaired) electrons. The molecule has 1 aliphatic heterocycles. The minimum Gasteiger partial charge on any atom is -0.378 e. The summed E-state index contributed by atoms with van der Waals surface area (Å²) in [5, 5.41) is 2.84. The zero-order valence-corrected chi connectivity index (χ0v) is 11.6. The molecule has 2 amide bonds. The minimum atomic E-state index is -0.0458. The molecule has 0 aromatic heterocycles. The van der Waals surface area contributed by atoms with Crippen molar-refractivity contribution in [2.45, 2.75) is 27.2 Å². The maximum Gasteiger partial charge on any atom is 0.225 e. The fourth-order valence-corrected chi connectivity index (χ4v) is 1.83. The van der Waals surface area contributed by atoms with Crippen molar-refractivity contribution in [1.29, 1.82) is 0 Å². The summed E-state index contributed by atoms with van der Waals surface area (Å²) < 4.78 is 5.22. The quantitative estimate of drug-likeness (QED) is 0.785. The van der Waals surface area contributed by atoms with Crippen LogP contribution in [0.15, 0.2) is 0 Å². The molecular weight excluding hydrogens is 232 g/mol. The van der Waals surface area contributed by atoms with Gasteiger partial charge in [0, 0.05) is 31.5 Å². The highest BCUT2D eigenvalue weighted by Crippen LogP contribution is 2.09. The van der Waals surface area contributed by atoms with Crippen molar-refractivity contribution in [1.82, 2.24) is 10.2 Å². The lowest BCUT2D eigenvalue weighted by Gasteiger charge is -2.29. The predicted molar refractivity (Wildman–Crippen MR) is 69.0 cm³/mol.